The topological polar surface area (TPSA) is 119 Å². The summed E-state index contributed by atoms with van der Waals surface area (Å²) in [6.45, 7) is 6.80. The molecule has 0 saturated carbocycles. The predicted octanol–water partition coefficient (Wildman–Crippen LogP) is 3.90. The van der Waals surface area contributed by atoms with Gasteiger partial charge >= 0.3 is 5.97 Å². The van der Waals surface area contributed by atoms with E-state index in [0.717, 1.165) is 12.1 Å². The van der Waals surface area contributed by atoms with Gasteiger partial charge in [-0.15, -0.1) is 0 Å². The summed E-state index contributed by atoms with van der Waals surface area (Å²) in [5, 5.41) is 6.78. The molecule has 1 unspecified atom stereocenters. The van der Waals surface area contributed by atoms with Crippen molar-refractivity contribution in [1.29, 1.82) is 0 Å². The molecular weight excluding hydrogens is 463 g/mol. The highest BCUT2D eigenvalue weighted by Gasteiger charge is 2.24. The number of hydrogen-bond donors (Lipinski definition) is 2. The second kappa shape index (κ2) is 10.0. The number of anilines is 2. The molecular formula is C23H25FN4O5S. The van der Waals surface area contributed by atoms with Crippen LogP contribution >= 0.6 is 0 Å². The maximum absolute atomic E-state index is 13.9. The first kappa shape index (κ1) is 24.9. The molecule has 0 fully saturated rings. The van der Waals surface area contributed by atoms with E-state index in [4.69, 9.17) is 4.74 Å². The van der Waals surface area contributed by atoms with Gasteiger partial charge in [0, 0.05) is 12.1 Å². The van der Waals surface area contributed by atoms with E-state index in [1.807, 2.05) is 13.8 Å². The highest BCUT2D eigenvalue weighted by atomic mass is 32.2. The number of halogens is 1. The third kappa shape index (κ3) is 5.60. The third-order valence-corrected chi connectivity index (χ3v) is 6.28. The van der Waals surface area contributed by atoms with Crippen LogP contribution in [-0.4, -0.2) is 36.2 Å². The average Bonchev–Trinajstić information content (AvgIpc) is 3.23. The smallest absolute Gasteiger partial charge is 0.339 e. The molecule has 1 amide bonds. The Morgan fingerprint density at radius 3 is 2.47 bits per heavy atom. The van der Waals surface area contributed by atoms with Crippen LogP contribution in [0.2, 0.25) is 0 Å². The van der Waals surface area contributed by atoms with Crippen LogP contribution in [0, 0.1) is 12.7 Å². The molecule has 1 aromatic heterocycles. The molecule has 0 saturated heterocycles. The van der Waals surface area contributed by atoms with Crippen LogP contribution in [0.4, 0.5) is 15.9 Å². The Kier molecular flexibility index (Phi) is 7.35. The number of hydrogen-bond acceptors (Lipinski definition) is 6. The Balaban J connectivity index is 1.76. The monoisotopic (exact) mass is 488 g/mol. The average molecular weight is 489 g/mol. The fourth-order valence-corrected chi connectivity index (χ4v) is 4.16. The lowest BCUT2D eigenvalue weighted by atomic mass is 10.1. The van der Waals surface area contributed by atoms with Crippen LogP contribution < -0.4 is 10.0 Å². The van der Waals surface area contributed by atoms with Crippen molar-refractivity contribution in [2.45, 2.75) is 44.7 Å². The summed E-state index contributed by atoms with van der Waals surface area (Å²) in [7, 11) is -4.19. The number of amides is 1. The maximum atomic E-state index is 13.9. The number of rotatable bonds is 8. The molecule has 9 nitrogen and oxygen atoms in total. The van der Waals surface area contributed by atoms with Crippen LogP contribution in [-0.2, 0) is 19.6 Å². The predicted molar refractivity (Wildman–Crippen MR) is 125 cm³/mol. The number of benzene rings is 2. The number of sulfonamides is 1. The second-order valence-electron chi connectivity index (χ2n) is 7.85. The maximum Gasteiger partial charge on any atom is 0.339 e. The zero-order chi connectivity index (χ0) is 25.0. The Labute approximate surface area is 197 Å². The van der Waals surface area contributed by atoms with Gasteiger partial charge in [-0.25, -0.2) is 22.3 Å². The lowest BCUT2D eigenvalue weighted by Gasteiger charge is -2.16. The van der Waals surface area contributed by atoms with Crippen molar-refractivity contribution < 1.29 is 27.1 Å². The lowest BCUT2D eigenvalue weighted by Crippen LogP contribution is -2.31. The summed E-state index contributed by atoms with van der Waals surface area (Å²) in [6.07, 6.45) is 0.371. The van der Waals surface area contributed by atoms with E-state index in [0.29, 0.717) is 11.4 Å². The highest BCUT2D eigenvalue weighted by Crippen LogP contribution is 2.22. The minimum absolute atomic E-state index is 0.00784. The van der Waals surface area contributed by atoms with Gasteiger partial charge in [0.1, 0.15) is 11.6 Å². The fourth-order valence-electron chi connectivity index (χ4n) is 3.07. The summed E-state index contributed by atoms with van der Waals surface area (Å²) < 4.78 is 48.4. The Morgan fingerprint density at radius 1 is 1.09 bits per heavy atom. The zero-order valence-corrected chi connectivity index (χ0v) is 19.9. The summed E-state index contributed by atoms with van der Waals surface area (Å²) in [6, 6.07) is 10.8. The van der Waals surface area contributed by atoms with Gasteiger partial charge in [0.05, 0.1) is 22.3 Å². The van der Waals surface area contributed by atoms with E-state index >= 15 is 0 Å². The van der Waals surface area contributed by atoms with Crippen LogP contribution in [0.15, 0.2) is 59.6 Å². The summed E-state index contributed by atoms with van der Waals surface area (Å²) >= 11 is 0. The molecule has 0 aliphatic rings. The van der Waals surface area contributed by atoms with Gasteiger partial charge < -0.3 is 10.1 Å². The summed E-state index contributed by atoms with van der Waals surface area (Å²) in [4.78, 5) is 25.0. The van der Waals surface area contributed by atoms with Gasteiger partial charge in [-0.1, -0.05) is 18.2 Å². The first-order valence-electron chi connectivity index (χ1n) is 10.4. The summed E-state index contributed by atoms with van der Waals surface area (Å²) in [5.41, 5.74) is 0.182. The number of carbonyl (C=O) groups excluding carboxylic acids is 2. The van der Waals surface area contributed by atoms with Crippen LogP contribution in [0.3, 0.4) is 0 Å². The number of para-hydroxylation sites is 1. The Bertz CT molecular complexity index is 1320. The number of aromatic nitrogens is 2. The molecule has 0 spiro atoms. The number of aryl methyl sites for hydroxylation is 1. The second-order valence-corrected chi connectivity index (χ2v) is 9.54. The number of nitrogens with zero attached hydrogens (tertiary/aromatic N) is 2. The molecule has 11 heteroatoms. The number of nitrogens with one attached hydrogen (secondary N) is 2. The molecule has 1 atom stereocenters. The number of carbonyl (C=O) groups is 2. The minimum atomic E-state index is -4.19. The van der Waals surface area contributed by atoms with E-state index in [9.17, 15) is 22.4 Å². The molecule has 1 heterocycles. The van der Waals surface area contributed by atoms with Gasteiger partial charge in [-0.05, 0) is 57.5 Å². The van der Waals surface area contributed by atoms with E-state index < -0.39 is 33.8 Å². The minimum Gasteiger partial charge on any atom is -0.449 e. The molecule has 34 heavy (non-hydrogen) atoms. The largest absolute Gasteiger partial charge is 0.449 e. The van der Waals surface area contributed by atoms with Gasteiger partial charge in [-0.3, -0.25) is 9.52 Å². The molecule has 2 N–H and O–H groups in total. The first-order valence-corrected chi connectivity index (χ1v) is 11.9. The van der Waals surface area contributed by atoms with Crippen molar-refractivity contribution in [2.75, 3.05) is 10.0 Å². The molecule has 0 aliphatic carbocycles. The molecule has 3 rings (SSSR count). The lowest BCUT2D eigenvalue weighted by molar-refractivity contribution is -0.123. The van der Waals surface area contributed by atoms with Crippen molar-refractivity contribution in [1.82, 2.24) is 9.78 Å². The van der Waals surface area contributed by atoms with Crippen molar-refractivity contribution in [3.63, 3.8) is 0 Å². The molecule has 0 bridgehead atoms. The molecule has 3 aromatic rings. The van der Waals surface area contributed by atoms with Crippen LogP contribution in [0.5, 0.6) is 0 Å². The van der Waals surface area contributed by atoms with E-state index in [2.05, 4.69) is 15.1 Å². The third-order valence-electron chi connectivity index (χ3n) is 4.92. The zero-order valence-electron chi connectivity index (χ0n) is 19.1. The molecule has 180 valence electrons. The van der Waals surface area contributed by atoms with E-state index in [-0.39, 0.29) is 22.2 Å². The van der Waals surface area contributed by atoms with Crippen molar-refractivity contribution >= 4 is 33.4 Å². The SMILES string of the molecule is Cc1ccc(S(=O)(=O)Nc2ccccc2F)cc1C(=O)OC(C)C(=O)Nc1ccnn1C(C)C. The van der Waals surface area contributed by atoms with E-state index in [1.165, 1.54) is 43.5 Å². The molecule has 0 aliphatic heterocycles. The van der Waals surface area contributed by atoms with Gasteiger partial charge in [0.2, 0.25) is 0 Å². The summed E-state index contributed by atoms with van der Waals surface area (Å²) in [5.74, 6) is -1.73. The van der Waals surface area contributed by atoms with Crippen molar-refractivity contribution in [3.8, 4) is 0 Å². The standard InChI is InChI=1S/C23H25FN4O5S/c1-14(2)28-21(11-12-25-28)26-22(29)16(4)33-23(30)18-13-17(10-9-15(18)3)34(31,32)27-20-8-6-5-7-19(20)24/h5-14,16,27H,1-4H3,(H,26,29). The quantitative estimate of drug-likeness (QED) is 0.464. The Morgan fingerprint density at radius 2 is 1.79 bits per heavy atom. The van der Waals surface area contributed by atoms with Gasteiger partial charge in [0.25, 0.3) is 15.9 Å². The fraction of sp³-hybridized carbons (Fsp3) is 0.261. The number of ether oxygens (including phenoxy) is 1. The van der Waals surface area contributed by atoms with Crippen LogP contribution in [0.25, 0.3) is 0 Å². The highest BCUT2D eigenvalue weighted by molar-refractivity contribution is 7.92. The molecule has 0 radical (unpaired) electrons. The van der Waals surface area contributed by atoms with E-state index in [1.54, 1.807) is 17.7 Å². The Hall–Kier alpha value is -3.73. The van der Waals surface area contributed by atoms with Crippen molar-refractivity contribution in [2.24, 2.45) is 0 Å². The van der Waals surface area contributed by atoms with Crippen molar-refractivity contribution in [3.05, 3.63) is 71.7 Å². The normalized spacial score (nSPS) is 12.3. The van der Waals surface area contributed by atoms with Crippen LogP contribution in [0.1, 0.15) is 42.7 Å². The molecule has 2 aromatic carbocycles. The van der Waals surface area contributed by atoms with Gasteiger partial charge in [0.15, 0.2) is 6.10 Å². The van der Waals surface area contributed by atoms with Gasteiger partial charge in [-0.2, -0.15) is 5.10 Å². The first-order chi connectivity index (χ1) is 16.0. The number of esters is 1.